The summed E-state index contributed by atoms with van der Waals surface area (Å²) in [5, 5.41) is 14.5. The maximum Gasteiger partial charge on any atom is 0.175 e. The lowest BCUT2D eigenvalue weighted by Gasteiger charge is -2.16. The number of hydrogen-bond acceptors (Lipinski definition) is 5. The molecular formula is C33H36N6. The molecule has 2 aromatic heterocycles. The molecule has 5 aromatic rings. The van der Waals surface area contributed by atoms with Crippen LogP contribution in [0.3, 0.4) is 0 Å². The zero-order valence-corrected chi connectivity index (χ0v) is 23.0. The molecule has 1 aliphatic carbocycles. The van der Waals surface area contributed by atoms with E-state index in [2.05, 4.69) is 92.1 Å². The molecule has 0 bridgehead atoms. The third-order valence-corrected chi connectivity index (χ3v) is 7.38. The van der Waals surface area contributed by atoms with Crippen molar-refractivity contribution in [3.05, 3.63) is 90.1 Å². The van der Waals surface area contributed by atoms with Crippen LogP contribution in [-0.4, -0.2) is 26.3 Å². The van der Waals surface area contributed by atoms with Gasteiger partial charge in [0.05, 0.1) is 22.4 Å². The predicted molar refractivity (Wildman–Crippen MR) is 162 cm³/mol. The first-order valence-corrected chi connectivity index (χ1v) is 14.0. The summed E-state index contributed by atoms with van der Waals surface area (Å²) in [7, 11) is 0. The van der Waals surface area contributed by atoms with E-state index in [1.165, 1.54) is 25.7 Å². The molecule has 0 unspecified atom stereocenters. The maximum absolute atomic E-state index is 5.10. The van der Waals surface area contributed by atoms with E-state index in [1.54, 1.807) is 5.57 Å². The van der Waals surface area contributed by atoms with Crippen LogP contribution in [0, 0.1) is 0 Å². The largest absolute Gasteiger partial charge is 0.367 e. The van der Waals surface area contributed by atoms with Gasteiger partial charge in [0.25, 0.3) is 0 Å². The normalized spacial score (nSPS) is 14.0. The van der Waals surface area contributed by atoms with Crippen LogP contribution in [0.15, 0.2) is 84.4 Å². The molecule has 0 saturated heterocycles. The van der Waals surface area contributed by atoms with Gasteiger partial charge in [-0.15, -0.1) is 0 Å². The number of allylic oxidation sites excluding steroid dienone is 1. The molecule has 0 spiro atoms. The van der Waals surface area contributed by atoms with E-state index in [9.17, 15) is 0 Å². The topological polar surface area (TPSA) is 67.7 Å². The van der Waals surface area contributed by atoms with Crippen molar-refractivity contribution in [3.8, 4) is 5.69 Å². The van der Waals surface area contributed by atoms with Gasteiger partial charge in [-0.05, 0) is 67.1 Å². The maximum atomic E-state index is 5.10. The number of hydrogen-bond donors (Lipinski definition) is 2. The van der Waals surface area contributed by atoms with E-state index < -0.39 is 0 Å². The Hall–Kier alpha value is -4.19. The van der Waals surface area contributed by atoms with Gasteiger partial charge in [-0.3, -0.25) is 0 Å². The summed E-state index contributed by atoms with van der Waals surface area (Å²) in [5.74, 6) is 2.32. The van der Waals surface area contributed by atoms with E-state index in [-0.39, 0.29) is 5.41 Å². The van der Waals surface area contributed by atoms with Crippen LogP contribution in [0.4, 0.5) is 17.5 Å². The Kier molecular flexibility index (Phi) is 6.77. The molecule has 0 radical (unpaired) electrons. The quantitative estimate of drug-likeness (QED) is 0.168. The molecule has 0 atom stereocenters. The van der Waals surface area contributed by atoms with Gasteiger partial charge in [-0.2, -0.15) is 5.10 Å². The van der Waals surface area contributed by atoms with Gasteiger partial charge in [-0.25, -0.2) is 14.6 Å². The van der Waals surface area contributed by atoms with Gasteiger partial charge < -0.3 is 10.6 Å². The second kappa shape index (κ2) is 10.5. The highest BCUT2D eigenvalue weighted by Gasteiger charge is 2.22. The van der Waals surface area contributed by atoms with Crippen molar-refractivity contribution < 1.29 is 0 Å². The summed E-state index contributed by atoms with van der Waals surface area (Å²) in [4.78, 5) is 10.2. The molecule has 6 nitrogen and oxygen atoms in total. The number of para-hydroxylation sites is 1. The molecule has 0 fully saturated rings. The van der Waals surface area contributed by atoms with E-state index in [0.29, 0.717) is 5.82 Å². The first-order chi connectivity index (χ1) is 18.9. The minimum absolute atomic E-state index is 0.0980. The summed E-state index contributed by atoms with van der Waals surface area (Å²) in [6.07, 6.45) is 8.43. The SMILES string of the molecule is CC(C)(C)c1cc(Nc2nc3cc4ccccc4cc3nc2NCCC2=CCCCC2)n(-c2ccccc2)n1. The Labute approximate surface area is 230 Å². The van der Waals surface area contributed by atoms with Crippen LogP contribution in [0.2, 0.25) is 0 Å². The minimum atomic E-state index is -0.0980. The Morgan fingerprint density at radius 2 is 1.51 bits per heavy atom. The van der Waals surface area contributed by atoms with Crippen molar-refractivity contribution in [2.24, 2.45) is 0 Å². The first-order valence-electron chi connectivity index (χ1n) is 14.0. The third kappa shape index (κ3) is 5.51. The zero-order valence-electron chi connectivity index (χ0n) is 23.0. The van der Waals surface area contributed by atoms with E-state index in [4.69, 9.17) is 15.1 Å². The minimum Gasteiger partial charge on any atom is -0.367 e. The average Bonchev–Trinajstić information content (AvgIpc) is 3.38. The number of rotatable bonds is 7. The summed E-state index contributed by atoms with van der Waals surface area (Å²) in [5.41, 5.74) is 5.18. The fourth-order valence-corrected chi connectivity index (χ4v) is 5.15. The van der Waals surface area contributed by atoms with E-state index in [1.807, 2.05) is 22.9 Å². The lowest BCUT2D eigenvalue weighted by Crippen LogP contribution is -2.12. The van der Waals surface area contributed by atoms with Crippen molar-refractivity contribution >= 4 is 39.3 Å². The highest BCUT2D eigenvalue weighted by atomic mass is 15.3. The first kappa shape index (κ1) is 25.1. The molecule has 1 aliphatic rings. The van der Waals surface area contributed by atoms with Crippen LogP contribution < -0.4 is 10.6 Å². The molecule has 0 saturated carbocycles. The van der Waals surface area contributed by atoms with Crippen LogP contribution in [-0.2, 0) is 5.41 Å². The number of anilines is 3. The Morgan fingerprint density at radius 3 is 2.18 bits per heavy atom. The molecule has 6 heteroatoms. The molecule has 0 aliphatic heterocycles. The summed E-state index contributed by atoms with van der Waals surface area (Å²) in [6.45, 7) is 7.37. The molecule has 2 heterocycles. The standard InChI is InChI=1S/C33H36N6/c1-33(2,3)29-22-30(39(38-29)26-16-8-5-9-17-26)37-32-31(34-19-18-23-12-6-4-7-13-23)35-27-20-24-14-10-11-15-25(24)21-28(27)36-32/h5,8-12,14-17,20-22H,4,6-7,13,18-19H2,1-3H3,(H,34,35)(H,36,37). The highest BCUT2D eigenvalue weighted by molar-refractivity contribution is 5.96. The van der Waals surface area contributed by atoms with Crippen molar-refractivity contribution in [3.63, 3.8) is 0 Å². The van der Waals surface area contributed by atoms with Crippen molar-refractivity contribution in [2.45, 2.75) is 58.3 Å². The fourth-order valence-electron chi connectivity index (χ4n) is 5.15. The number of aromatic nitrogens is 4. The highest BCUT2D eigenvalue weighted by Crippen LogP contribution is 2.32. The van der Waals surface area contributed by atoms with Crippen molar-refractivity contribution in [1.82, 2.24) is 19.7 Å². The zero-order chi connectivity index (χ0) is 26.8. The Balaban J connectivity index is 1.41. The Morgan fingerprint density at radius 1 is 0.821 bits per heavy atom. The lowest BCUT2D eigenvalue weighted by molar-refractivity contribution is 0.560. The monoisotopic (exact) mass is 516 g/mol. The molecule has 198 valence electrons. The van der Waals surface area contributed by atoms with Gasteiger partial charge in [-0.1, -0.05) is 74.9 Å². The number of benzene rings is 3. The molecule has 39 heavy (non-hydrogen) atoms. The summed E-state index contributed by atoms with van der Waals surface area (Å²) in [6, 6.07) is 25.0. The molecule has 3 aromatic carbocycles. The van der Waals surface area contributed by atoms with Crippen LogP contribution in [0.5, 0.6) is 0 Å². The van der Waals surface area contributed by atoms with Gasteiger partial charge in [0.1, 0.15) is 5.82 Å². The third-order valence-electron chi connectivity index (χ3n) is 7.38. The van der Waals surface area contributed by atoms with Crippen molar-refractivity contribution in [1.29, 1.82) is 0 Å². The van der Waals surface area contributed by atoms with Crippen LogP contribution >= 0.6 is 0 Å². The average molecular weight is 517 g/mol. The number of nitrogens with zero attached hydrogens (tertiary/aromatic N) is 4. The number of nitrogens with one attached hydrogen (secondary N) is 2. The molecule has 6 rings (SSSR count). The van der Waals surface area contributed by atoms with Gasteiger partial charge >= 0.3 is 0 Å². The van der Waals surface area contributed by atoms with Gasteiger partial charge in [0.2, 0.25) is 0 Å². The van der Waals surface area contributed by atoms with E-state index >= 15 is 0 Å². The van der Waals surface area contributed by atoms with E-state index in [0.717, 1.165) is 57.8 Å². The lowest BCUT2D eigenvalue weighted by atomic mass is 9.92. The van der Waals surface area contributed by atoms with Crippen LogP contribution in [0.25, 0.3) is 27.5 Å². The summed E-state index contributed by atoms with van der Waals surface area (Å²) < 4.78 is 1.96. The number of fused-ring (bicyclic) bond motifs is 2. The molecule has 0 amide bonds. The molecular weight excluding hydrogens is 480 g/mol. The molecule has 2 N–H and O–H groups in total. The Bertz CT molecular complexity index is 1640. The smallest absolute Gasteiger partial charge is 0.175 e. The predicted octanol–water partition coefficient (Wildman–Crippen LogP) is 8.31. The fraction of sp³-hybridized carbons (Fsp3) is 0.303. The van der Waals surface area contributed by atoms with Gasteiger partial charge in [0, 0.05) is 18.0 Å². The second-order valence-electron chi connectivity index (χ2n) is 11.4. The summed E-state index contributed by atoms with van der Waals surface area (Å²) >= 11 is 0. The van der Waals surface area contributed by atoms with Gasteiger partial charge in [0.15, 0.2) is 11.6 Å². The second-order valence-corrected chi connectivity index (χ2v) is 11.4. The van der Waals surface area contributed by atoms with Crippen LogP contribution in [0.1, 0.15) is 58.6 Å². The van der Waals surface area contributed by atoms with Crippen molar-refractivity contribution in [2.75, 3.05) is 17.2 Å².